The number of nitrogens with zero attached hydrogens (tertiary/aromatic N) is 3. The van der Waals surface area contributed by atoms with Crippen LogP contribution in [0.1, 0.15) is 15.9 Å². The van der Waals surface area contributed by atoms with Gasteiger partial charge in [-0.2, -0.15) is 0 Å². The Kier molecular flexibility index (Phi) is 7.86. The zero-order chi connectivity index (χ0) is 22.3. The van der Waals surface area contributed by atoms with Gasteiger partial charge in [0.25, 0.3) is 5.91 Å². The number of hydrogen-bond acceptors (Lipinski definition) is 5. The van der Waals surface area contributed by atoms with Crippen molar-refractivity contribution in [3.8, 4) is 0 Å². The third-order valence-corrected chi connectivity index (χ3v) is 6.22. The van der Waals surface area contributed by atoms with E-state index < -0.39 is 6.10 Å². The molecule has 6 nitrogen and oxygen atoms in total. The fourth-order valence-electron chi connectivity index (χ4n) is 4.50. The van der Waals surface area contributed by atoms with Gasteiger partial charge in [0.2, 0.25) is 0 Å². The number of rotatable bonds is 7. The minimum absolute atomic E-state index is 0.0443. The van der Waals surface area contributed by atoms with Crippen molar-refractivity contribution in [3.05, 3.63) is 71.5 Å². The fraction of sp³-hybridized carbons (Fsp3) is 0.480. The second-order valence-corrected chi connectivity index (χ2v) is 8.70. The van der Waals surface area contributed by atoms with Crippen LogP contribution in [0.2, 0.25) is 0 Å². The Labute approximate surface area is 189 Å². The van der Waals surface area contributed by atoms with Gasteiger partial charge in [-0.3, -0.25) is 14.6 Å². The van der Waals surface area contributed by atoms with Crippen LogP contribution in [-0.4, -0.2) is 96.9 Å². The second kappa shape index (κ2) is 11.0. The summed E-state index contributed by atoms with van der Waals surface area (Å²) < 4.78 is 19.1. The van der Waals surface area contributed by atoms with Crippen LogP contribution in [0.5, 0.6) is 0 Å². The smallest absolute Gasteiger partial charge is 0.253 e. The number of ether oxygens (including phenoxy) is 1. The van der Waals surface area contributed by atoms with Crippen molar-refractivity contribution in [3.63, 3.8) is 0 Å². The molecule has 2 aliphatic heterocycles. The molecule has 7 heteroatoms. The van der Waals surface area contributed by atoms with Gasteiger partial charge in [0, 0.05) is 57.9 Å². The molecule has 172 valence electrons. The van der Waals surface area contributed by atoms with Crippen LogP contribution >= 0.6 is 0 Å². The quantitative estimate of drug-likeness (QED) is 0.711. The van der Waals surface area contributed by atoms with E-state index in [1.54, 1.807) is 12.1 Å². The number of halogens is 1. The summed E-state index contributed by atoms with van der Waals surface area (Å²) in [5, 5.41) is 10.5. The first-order chi connectivity index (χ1) is 15.6. The molecular formula is C25H32FN3O3. The molecule has 2 aromatic carbocycles. The predicted octanol–water partition coefficient (Wildman–Crippen LogP) is 1.89. The second-order valence-electron chi connectivity index (χ2n) is 8.70. The molecule has 0 spiro atoms. The molecule has 2 fully saturated rings. The summed E-state index contributed by atoms with van der Waals surface area (Å²) in [5.41, 5.74) is 1.68. The third kappa shape index (κ3) is 6.36. The van der Waals surface area contributed by atoms with E-state index in [0.717, 1.165) is 38.3 Å². The number of β-amino-alcohol motifs (C(OH)–C–C–N with tert-alkyl or cyclic N) is 1. The van der Waals surface area contributed by atoms with Crippen molar-refractivity contribution in [1.82, 2.24) is 14.7 Å². The summed E-state index contributed by atoms with van der Waals surface area (Å²) in [5.74, 6) is -0.377. The maximum Gasteiger partial charge on any atom is 0.253 e. The van der Waals surface area contributed by atoms with Gasteiger partial charge >= 0.3 is 0 Å². The van der Waals surface area contributed by atoms with Crippen molar-refractivity contribution in [2.24, 2.45) is 0 Å². The van der Waals surface area contributed by atoms with Crippen LogP contribution < -0.4 is 0 Å². The van der Waals surface area contributed by atoms with Gasteiger partial charge in [-0.25, -0.2) is 4.39 Å². The summed E-state index contributed by atoms with van der Waals surface area (Å²) in [6.45, 7) is 6.69. The van der Waals surface area contributed by atoms with E-state index in [1.165, 1.54) is 12.1 Å². The third-order valence-electron chi connectivity index (χ3n) is 6.22. The maximum atomic E-state index is 13.1. The molecule has 1 amide bonds. The summed E-state index contributed by atoms with van der Waals surface area (Å²) in [7, 11) is 0. The Morgan fingerprint density at radius 1 is 1.00 bits per heavy atom. The molecular weight excluding hydrogens is 409 g/mol. The number of amides is 1. The molecule has 2 aromatic rings. The molecule has 0 radical (unpaired) electrons. The van der Waals surface area contributed by atoms with E-state index in [0.29, 0.717) is 38.2 Å². The lowest BCUT2D eigenvalue weighted by Crippen LogP contribution is -2.54. The number of aliphatic hydroxyl groups is 1. The normalized spacial score (nSPS) is 21.4. The molecule has 2 unspecified atom stereocenters. The van der Waals surface area contributed by atoms with E-state index in [2.05, 4.69) is 9.80 Å². The van der Waals surface area contributed by atoms with Gasteiger partial charge in [-0.1, -0.05) is 30.3 Å². The largest absolute Gasteiger partial charge is 0.391 e. The van der Waals surface area contributed by atoms with Crippen LogP contribution in [0, 0.1) is 5.82 Å². The average Bonchev–Trinajstić information content (AvgIpc) is 2.80. The molecule has 2 atom stereocenters. The lowest BCUT2D eigenvalue weighted by atomic mass is 10.1. The molecule has 2 heterocycles. The van der Waals surface area contributed by atoms with Crippen molar-refractivity contribution in [1.29, 1.82) is 0 Å². The van der Waals surface area contributed by atoms with Crippen molar-refractivity contribution in [2.75, 3.05) is 59.0 Å². The highest BCUT2D eigenvalue weighted by Crippen LogP contribution is 2.13. The van der Waals surface area contributed by atoms with Gasteiger partial charge < -0.3 is 14.7 Å². The first-order valence-electron chi connectivity index (χ1n) is 11.4. The number of morpholine rings is 1. The van der Waals surface area contributed by atoms with Crippen LogP contribution in [-0.2, 0) is 11.2 Å². The Hall–Kier alpha value is -2.32. The molecule has 2 aliphatic rings. The highest BCUT2D eigenvalue weighted by molar-refractivity contribution is 5.94. The van der Waals surface area contributed by atoms with Gasteiger partial charge in [-0.05, 0) is 36.2 Å². The minimum atomic E-state index is -0.392. The SMILES string of the molecule is O=C(c1ccc(F)cc1)N1CCN(CC2CN(CC(O)Cc3ccccc3)CCO2)CC1. The summed E-state index contributed by atoms with van der Waals surface area (Å²) in [4.78, 5) is 19.1. The van der Waals surface area contributed by atoms with E-state index in [4.69, 9.17) is 4.74 Å². The van der Waals surface area contributed by atoms with Crippen molar-refractivity contribution >= 4 is 5.91 Å². The van der Waals surface area contributed by atoms with Crippen molar-refractivity contribution in [2.45, 2.75) is 18.6 Å². The lowest BCUT2D eigenvalue weighted by Gasteiger charge is -2.39. The topological polar surface area (TPSA) is 56.3 Å². The molecule has 0 saturated carbocycles. The van der Waals surface area contributed by atoms with Gasteiger partial charge in [0.15, 0.2) is 0 Å². The molecule has 32 heavy (non-hydrogen) atoms. The maximum absolute atomic E-state index is 13.1. The zero-order valence-corrected chi connectivity index (χ0v) is 18.4. The monoisotopic (exact) mass is 441 g/mol. The number of carbonyl (C=O) groups excluding carboxylic acids is 1. The number of carbonyl (C=O) groups is 1. The Bertz CT molecular complexity index is 856. The van der Waals surface area contributed by atoms with Crippen molar-refractivity contribution < 1.29 is 19.0 Å². The highest BCUT2D eigenvalue weighted by atomic mass is 19.1. The van der Waals surface area contributed by atoms with Crippen LogP contribution in [0.15, 0.2) is 54.6 Å². The average molecular weight is 442 g/mol. The number of hydrogen-bond donors (Lipinski definition) is 1. The van der Waals surface area contributed by atoms with Crippen LogP contribution in [0.4, 0.5) is 4.39 Å². The molecule has 2 saturated heterocycles. The van der Waals surface area contributed by atoms with Crippen LogP contribution in [0.3, 0.4) is 0 Å². The predicted molar refractivity (Wildman–Crippen MR) is 121 cm³/mol. The molecule has 1 N–H and O–H groups in total. The summed E-state index contributed by atoms with van der Waals surface area (Å²) in [6.07, 6.45) is 0.372. The Morgan fingerprint density at radius 3 is 2.44 bits per heavy atom. The number of aliphatic hydroxyl groups excluding tert-OH is 1. The summed E-state index contributed by atoms with van der Waals surface area (Å²) in [6, 6.07) is 15.8. The van der Waals surface area contributed by atoms with E-state index in [1.807, 2.05) is 35.2 Å². The first kappa shape index (κ1) is 22.9. The summed E-state index contributed by atoms with van der Waals surface area (Å²) >= 11 is 0. The van der Waals surface area contributed by atoms with E-state index >= 15 is 0 Å². The standard InChI is InChI=1S/C25H32FN3O3/c26-22-8-6-21(7-9-22)25(31)29-12-10-27(11-13-29)18-24-19-28(14-15-32-24)17-23(30)16-20-4-2-1-3-5-20/h1-9,23-24,30H,10-19H2. The Morgan fingerprint density at radius 2 is 1.72 bits per heavy atom. The molecule has 0 aromatic heterocycles. The van der Waals surface area contributed by atoms with Gasteiger partial charge in [0.05, 0.1) is 18.8 Å². The van der Waals surface area contributed by atoms with Gasteiger partial charge in [0.1, 0.15) is 5.82 Å². The first-order valence-corrected chi connectivity index (χ1v) is 11.4. The number of benzene rings is 2. The number of piperazine rings is 1. The molecule has 4 rings (SSSR count). The van der Waals surface area contributed by atoms with E-state index in [-0.39, 0.29) is 17.8 Å². The minimum Gasteiger partial charge on any atom is -0.391 e. The molecule has 0 bridgehead atoms. The fourth-order valence-corrected chi connectivity index (χ4v) is 4.50. The van der Waals surface area contributed by atoms with Crippen LogP contribution in [0.25, 0.3) is 0 Å². The molecule has 0 aliphatic carbocycles. The zero-order valence-electron chi connectivity index (χ0n) is 18.4. The lowest BCUT2D eigenvalue weighted by molar-refractivity contribution is -0.0562. The highest BCUT2D eigenvalue weighted by Gasteiger charge is 2.27. The Balaban J connectivity index is 1.20. The van der Waals surface area contributed by atoms with Gasteiger partial charge in [-0.15, -0.1) is 0 Å². The van der Waals surface area contributed by atoms with E-state index in [9.17, 15) is 14.3 Å².